The van der Waals surface area contributed by atoms with E-state index in [9.17, 15) is 0 Å². The molecule has 2 rings (SSSR count). The Bertz CT molecular complexity index is 438. The van der Waals surface area contributed by atoms with Gasteiger partial charge in [-0.15, -0.1) is 0 Å². The molecule has 0 radical (unpaired) electrons. The number of nitrogens with zero attached hydrogens (tertiary/aromatic N) is 2. The number of hydrogen-bond donors (Lipinski definition) is 0. The monoisotopic (exact) mass is 308 g/mol. The van der Waals surface area contributed by atoms with Crippen LogP contribution < -0.4 is 0 Å². The number of halogens is 3. The molecular formula is C7H3Br2ClN2. The van der Waals surface area contributed by atoms with Crippen LogP contribution in [0.15, 0.2) is 27.4 Å². The first kappa shape index (κ1) is 8.53. The average Bonchev–Trinajstić information content (AvgIpc) is 2.29. The lowest BCUT2D eigenvalue weighted by Crippen LogP contribution is -1.83. The Labute approximate surface area is 90.8 Å². The standard InChI is InChI=1S/C7H3Br2ClN2/c8-4-1-5(9)7-11-6(10)3-12(7)2-4/h1-3H. The highest BCUT2D eigenvalue weighted by Gasteiger charge is 2.03. The minimum absolute atomic E-state index is 0.494. The third kappa shape index (κ3) is 1.39. The Morgan fingerprint density at radius 2 is 2.08 bits per heavy atom. The van der Waals surface area contributed by atoms with Gasteiger partial charge in [-0.3, -0.25) is 0 Å². The minimum atomic E-state index is 0.494. The molecule has 62 valence electrons. The van der Waals surface area contributed by atoms with Gasteiger partial charge >= 0.3 is 0 Å². The second kappa shape index (κ2) is 3.01. The molecule has 0 spiro atoms. The average molecular weight is 310 g/mol. The second-order valence-corrected chi connectivity index (χ2v) is 4.46. The lowest BCUT2D eigenvalue weighted by atomic mass is 10.5. The minimum Gasteiger partial charge on any atom is -0.303 e. The SMILES string of the molecule is Clc1cn2cc(Br)cc(Br)c2n1. The van der Waals surface area contributed by atoms with Gasteiger partial charge in [-0.1, -0.05) is 11.6 Å². The summed E-state index contributed by atoms with van der Waals surface area (Å²) in [6.07, 6.45) is 3.66. The summed E-state index contributed by atoms with van der Waals surface area (Å²) in [5.74, 6) is 0. The summed E-state index contributed by atoms with van der Waals surface area (Å²) in [4.78, 5) is 4.11. The Hall–Kier alpha value is -0.0600. The van der Waals surface area contributed by atoms with E-state index in [2.05, 4.69) is 36.8 Å². The van der Waals surface area contributed by atoms with Gasteiger partial charge in [0.05, 0.1) is 4.47 Å². The van der Waals surface area contributed by atoms with Gasteiger partial charge in [0, 0.05) is 16.9 Å². The fourth-order valence-electron chi connectivity index (χ4n) is 0.995. The summed E-state index contributed by atoms with van der Waals surface area (Å²) in [6.45, 7) is 0. The summed E-state index contributed by atoms with van der Waals surface area (Å²) >= 11 is 12.5. The zero-order chi connectivity index (χ0) is 8.72. The molecule has 0 unspecified atom stereocenters. The van der Waals surface area contributed by atoms with Crippen molar-refractivity contribution in [1.82, 2.24) is 9.38 Å². The first-order valence-corrected chi connectivity index (χ1v) is 5.12. The predicted molar refractivity (Wildman–Crippen MR) is 55.6 cm³/mol. The van der Waals surface area contributed by atoms with Crippen molar-refractivity contribution in [3.8, 4) is 0 Å². The number of fused-ring (bicyclic) bond motifs is 1. The highest BCUT2D eigenvalue weighted by atomic mass is 79.9. The molecule has 2 aromatic rings. The lowest BCUT2D eigenvalue weighted by molar-refractivity contribution is 1.17. The zero-order valence-corrected chi connectivity index (χ0v) is 9.69. The first-order valence-electron chi connectivity index (χ1n) is 3.16. The van der Waals surface area contributed by atoms with Gasteiger partial charge in [-0.2, -0.15) is 0 Å². The Morgan fingerprint density at radius 1 is 1.33 bits per heavy atom. The predicted octanol–water partition coefficient (Wildman–Crippen LogP) is 3.51. The Balaban J connectivity index is 2.88. The molecule has 0 aliphatic rings. The molecule has 0 aliphatic heterocycles. The quantitative estimate of drug-likeness (QED) is 0.728. The van der Waals surface area contributed by atoms with Gasteiger partial charge in [0.25, 0.3) is 0 Å². The molecule has 0 aromatic carbocycles. The van der Waals surface area contributed by atoms with Crippen molar-refractivity contribution >= 4 is 49.1 Å². The van der Waals surface area contributed by atoms with Crippen LogP contribution in [0.1, 0.15) is 0 Å². The number of rotatable bonds is 0. The molecule has 5 heteroatoms. The third-order valence-electron chi connectivity index (χ3n) is 1.44. The summed E-state index contributed by atoms with van der Waals surface area (Å²) in [6, 6.07) is 1.93. The van der Waals surface area contributed by atoms with Crippen LogP contribution in [0, 0.1) is 0 Å². The van der Waals surface area contributed by atoms with Gasteiger partial charge in [-0.25, -0.2) is 4.98 Å². The molecule has 0 saturated heterocycles. The Morgan fingerprint density at radius 3 is 2.83 bits per heavy atom. The van der Waals surface area contributed by atoms with Gasteiger partial charge < -0.3 is 4.40 Å². The van der Waals surface area contributed by atoms with E-state index in [0.717, 1.165) is 14.6 Å². The fraction of sp³-hybridized carbons (Fsp3) is 0. The van der Waals surface area contributed by atoms with Gasteiger partial charge in [0.2, 0.25) is 0 Å². The van der Waals surface area contributed by atoms with E-state index in [1.165, 1.54) is 0 Å². The number of aromatic nitrogens is 2. The zero-order valence-electron chi connectivity index (χ0n) is 5.76. The maximum atomic E-state index is 5.74. The maximum absolute atomic E-state index is 5.74. The van der Waals surface area contributed by atoms with Crippen molar-refractivity contribution in [2.75, 3.05) is 0 Å². The fourth-order valence-corrected chi connectivity index (χ4v) is 2.48. The van der Waals surface area contributed by atoms with E-state index in [1.807, 2.05) is 16.7 Å². The first-order chi connectivity index (χ1) is 5.66. The molecular weight excluding hydrogens is 307 g/mol. The summed E-state index contributed by atoms with van der Waals surface area (Å²) in [5, 5.41) is 0.494. The molecule has 2 aromatic heterocycles. The molecule has 0 N–H and O–H groups in total. The molecule has 0 amide bonds. The summed E-state index contributed by atoms with van der Waals surface area (Å²) in [7, 11) is 0. The largest absolute Gasteiger partial charge is 0.303 e. The van der Waals surface area contributed by atoms with Crippen LogP contribution in [-0.2, 0) is 0 Å². The Kier molecular flexibility index (Phi) is 2.14. The number of imidazole rings is 1. The van der Waals surface area contributed by atoms with E-state index in [0.29, 0.717) is 5.15 Å². The van der Waals surface area contributed by atoms with Crippen LogP contribution in [0.5, 0.6) is 0 Å². The van der Waals surface area contributed by atoms with Crippen LogP contribution >= 0.6 is 43.5 Å². The van der Waals surface area contributed by atoms with Gasteiger partial charge in [-0.05, 0) is 37.9 Å². The van der Waals surface area contributed by atoms with Crippen LogP contribution in [0.25, 0.3) is 5.65 Å². The van der Waals surface area contributed by atoms with E-state index in [4.69, 9.17) is 11.6 Å². The third-order valence-corrected chi connectivity index (χ3v) is 2.64. The van der Waals surface area contributed by atoms with Crippen molar-refractivity contribution in [2.45, 2.75) is 0 Å². The lowest BCUT2D eigenvalue weighted by Gasteiger charge is -1.96. The van der Waals surface area contributed by atoms with Crippen LogP contribution in [0.2, 0.25) is 5.15 Å². The molecule has 0 bridgehead atoms. The van der Waals surface area contributed by atoms with E-state index < -0.39 is 0 Å². The highest BCUT2D eigenvalue weighted by molar-refractivity contribution is 9.11. The van der Waals surface area contributed by atoms with Crippen molar-refractivity contribution in [2.24, 2.45) is 0 Å². The van der Waals surface area contributed by atoms with Crippen molar-refractivity contribution in [3.05, 3.63) is 32.6 Å². The van der Waals surface area contributed by atoms with E-state index >= 15 is 0 Å². The molecule has 0 atom stereocenters. The molecule has 12 heavy (non-hydrogen) atoms. The molecule has 2 heterocycles. The molecule has 0 aliphatic carbocycles. The van der Waals surface area contributed by atoms with Crippen molar-refractivity contribution in [1.29, 1.82) is 0 Å². The molecule has 0 fully saturated rings. The number of pyridine rings is 1. The van der Waals surface area contributed by atoms with Crippen LogP contribution in [0.4, 0.5) is 0 Å². The molecule has 0 saturated carbocycles. The van der Waals surface area contributed by atoms with Crippen LogP contribution in [0.3, 0.4) is 0 Å². The topological polar surface area (TPSA) is 17.3 Å². The second-order valence-electron chi connectivity index (χ2n) is 2.30. The smallest absolute Gasteiger partial charge is 0.152 e. The normalized spacial score (nSPS) is 10.9. The van der Waals surface area contributed by atoms with E-state index in [1.54, 1.807) is 6.20 Å². The highest BCUT2D eigenvalue weighted by Crippen LogP contribution is 2.23. The van der Waals surface area contributed by atoms with Gasteiger partial charge in [0.1, 0.15) is 5.15 Å². The summed E-state index contributed by atoms with van der Waals surface area (Å²) < 4.78 is 3.76. The van der Waals surface area contributed by atoms with Gasteiger partial charge in [0.15, 0.2) is 5.65 Å². The van der Waals surface area contributed by atoms with E-state index in [-0.39, 0.29) is 0 Å². The van der Waals surface area contributed by atoms with Crippen molar-refractivity contribution in [3.63, 3.8) is 0 Å². The number of hydrogen-bond acceptors (Lipinski definition) is 1. The van der Waals surface area contributed by atoms with Crippen molar-refractivity contribution < 1.29 is 0 Å². The molecule has 2 nitrogen and oxygen atoms in total. The summed E-state index contributed by atoms with van der Waals surface area (Å²) in [5.41, 5.74) is 0.822. The van der Waals surface area contributed by atoms with Crippen LogP contribution in [-0.4, -0.2) is 9.38 Å². The maximum Gasteiger partial charge on any atom is 0.152 e.